The first kappa shape index (κ1) is 15.8. The van der Waals surface area contributed by atoms with Crippen molar-refractivity contribution in [2.24, 2.45) is 0 Å². The molecule has 0 aromatic heterocycles. The van der Waals surface area contributed by atoms with E-state index in [1.165, 1.54) is 11.1 Å². The van der Waals surface area contributed by atoms with Gasteiger partial charge in [0.1, 0.15) is 12.2 Å². The second-order valence-corrected chi connectivity index (χ2v) is 6.39. The van der Waals surface area contributed by atoms with Crippen LogP contribution in [0.1, 0.15) is 11.1 Å². The van der Waals surface area contributed by atoms with Gasteiger partial charge in [-0.2, -0.15) is 0 Å². The minimum atomic E-state index is -0.0334. The van der Waals surface area contributed by atoms with Crippen molar-refractivity contribution >= 4 is 0 Å². The molecule has 4 atom stereocenters. The zero-order chi connectivity index (χ0) is 16.2. The van der Waals surface area contributed by atoms with Crippen LogP contribution in [-0.4, -0.2) is 37.5 Å². The average Bonchev–Trinajstić information content (AvgIpc) is 2.89. The number of hydrogen-bond donors (Lipinski definition) is 1. The van der Waals surface area contributed by atoms with Crippen LogP contribution in [0.25, 0.3) is 0 Å². The minimum absolute atomic E-state index is 0.0334. The summed E-state index contributed by atoms with van der Waals surface area (Å²) in [6.07, 6.45) is 0.0595. The second-order valence-electron chi connectivity index (χ2n) is 6.39. The molecule has 0 amide bonds. The van der Waals surface area contributed by atoms with Crippen LogP contribution in [0.4, 0.5) is 0 Å². The molecule has 2 bridgehead atoms. The lowest BCUT2D eigenvalue weighted by molar-refractivity contribution is -0.0742. The van der Waals surface area contributed by atoms with Crippen molar-refractivity contribution in [2.45, 2.75) is 37.6 Å². The fourth-order valence-corrected chi connectivity index (χ4v) is 3.44. The van der Waals surface area contributed by atoms with E-state index < -0.39 is 0 Å². The number of morpholine rings is 1. The molecule has 4 rings (SSSR count). The van der Waals surface area contributed by atoms with Gasteiger partial charge in [-0.25, -0.2) is 0 Å². The van der Waals surface area contributed by atoms with E-state index in [0.717, 1.165) is 13.1 Å². The molecule has 24 heavy (non-hydrogen) atoms. The Bertz CT molecular complexity index is 578. The maximum Gasteiger partial charge on any atom is 0.114 e. The maximum atomic E-state index is 6.21. The van der Waals surface area contributed by atoms with Crippen molar-refractivity contribution in [3.05, 3.63) is 71.8 Å². The van der Waals surface area contributed by atoms with Crippen LogP contribution in [0.2, 0.25) is 0 Å². The highest BCUT2D eigenvalue weighted by Gasteiger charge is 2.48. The van der Waals surface area contributed by atoms with Gasteiger partial charge in [-0.1, -0.05) is 60.7 Å². The molecule has 2 fully saturated rings. The fourth-order valence-electron chi connectivity index (χ4n) is 3.44. The largest absolute Gasteiger partial charge is 0.368 e. The Morgan fingerprint density at radius 3 is 1.67 bits per heavy atom. The summed E-state index contributed by atoms with van der Waals surface area (Å²) in [5.41, 5.74) is 2.35. The SMILES string of the molecule is c1ccc(CO[C@H]2[C@H](OCc3ccccc3)[C@H]3CNC[C@@H]2O3)cc1. The molecule has 2 aliphatic rings. The first-order chi connectivity index (χ1) is 11.9. The summed E-state index contributed by atoms with van der Waals surface area (Å²) in [6, 6.07) is 20.5. The van der Waals surface area contributed by atoms with Crippen molar-refractivity contribution in [1.29, 1.82) is 0 Å². The molecule has 2 aliphatic heterocycles. The molecule has 126 valence electrons. The fraction of sp³-hybridized carbons (Fsp3) is 0.400. The first-order valence-corrected chi connectivity index (χ1v) is 8.57. The van der Waals surface area contributed by atoms with Gasteiger partial charge in [0, 0.05) is 13.1 Å². The van der Waals surface area contributed by atoms with Gasteiger partial charge in [-0.15, -0.1) is 0 Å². The van der Waals surface area contributed by atoms with E-state index in [9.17, 15) is 0 Å². The van der Waals surface area contributed by atoms with Gasteiger partial charge in [0.05, 0.1) is 25.4 Å². The molecule has 2 aromatic carbocycles. The normalized spacial score (nSPS) is 28.8. The van der Waals surface area contributed by atoms with Crippen LogP contribution < -0.4 is 5.32 Å². The van der Waals surface area contributed by atoms with E-state index in [1.807, 2.05) is 36.4 Å². The van der Waals surface area contributed by atoms with Crippen molar-refractivity contribution in [3.63, 3.8) is 0 Å². The molecular formula is C20H23NO3. The van der Waals surface area contributed by atoms with Gasteiger partial charge < -0.3 is 19.5 Å². The number of nitrogens with one attached hydrogen (secondary N) is 1. The third-order valence-electron chi connectivity index (χ3n) is 4.67. The third-order valence-corrected chi connectivity index (χ3v) is 4.67. The van der Waals surface area contributed by atoms with Gasteiger partial charge in [0.25, 0.3) is 0 Å². The van der Waals surface area contributed by atoms with Crippen LogP contribution in [0.5, 0.6) is 0 Å². The Labute approximate surface area is 142 Å². The van der Waals surface area contributed by atoms with Gasteiger partial charge in [-0.05, 0) is 11.1 Å². The molecule has 0 saturated carbocycles. The van der Waals surface area contributed by atoms with Crippen LogP contribution >= 0.6 is 0 Å². The zero-order valence-electron chi connectivity index (χ0n) is 13.6. The van der Waals surface area contributed by atoms with Crippen molar-refractivity contribution in [2.75, 3.05) is 13.1 Å². The Kier molecular flexibility index (Phi) is 4.90. The summed E-state index contributed by atoms with van der Waals surface area (Å²) in [5, 5.41) is 3.42. The molecule has 0 spiro atoms. The van der Waals surface area contributed by atoms with Gasteiger partial charge in [0.15, 0.2) is 0 Å². The van der Waals surface area contributed by atoms with Crippen LogP contribution in [0.15, 0.2) is 60.7 Å². The minimum Gasteiger partial charge on any atom is -0.368 e. The molecule has 0 aliphatic carbocycles. The molecule has 2 saturated heterocycles. The summed E-state index contributed by atoms with van der Waals surface area (Å²) in [4.78, 5) is 0. The predicted octanol–water partition coefficient (Wildman–Crippen LogP) is 2.53. The second kappa shape index (κ2) is 7.45. The number of rotatable bonds is 6. The molecule has 4 nitrogen and oxygen atoms in total. The molecule has 2 aromatic rings. The van der Waals surface area contributed by atoms with Crippen LogP contribution in [0.3, 0.4) is 0 Å². The Morgan fingerprint density at radius 2 is 1.21 bits per heavy atom. The van der Waals surface area contributed by atoms with E-state index in [4.69, 9.17) is 14.2 Å². The average molecular weight is 325 g/mol. The number of benzene rings is 2. The highest BCUT2D eigenvalue weighted by molar-refractivity contribution is 5.15. The lowest BCUT2D eigenvalue weighted by Crippen LogP contribution is -2.41. The zero-order valence-corrected chi connectivity index (χ0v) is 13.6. The quantitative estimate of drug-likeness (QED) is 0.886. The number of fused-ring (bicyclic) bond motifs is 2. The molecule has 1 N–H and O–H groups in total. The van der Waals surface area contributed by atoms with Crippen molar-refractivity contribution in [1.82, 2.24) is 5.32 Å². The first-order valence-electron chi connectivity index (χ1n) is 8.57. The molecule has 0 unspecified atom stereocenters. The molecule has 0 radical (unpaired) electrons. The number of hydrogen-bond acceptors (Lipinski definition) is 4. The van der Waals surface area contributed by atoms with Crippen molar-refractivity contribution < 1.29 is 14.2 Å². The summed E-state index contributed by atoms with van der Waals surface area (Å²) in [7, 11) is 0. The summed E-state index contributed by atoms with van der Waals surface area (Å²) < 4.78 is 18.5. The van der Waals surface area contributed by atoms with E-state index in [2.05, 4.69) is 29.6 Å². The monoisotopic (exact) mass is 325 g/mol. The van der Waals surface area contributed by atoms with E-state index in [1.54, 1.807) is 0 Å². The maximum absolute atomic E-state index is 6.21. The Balaban J connectivity index is 1.41. The van der Waals surface area contributed by atoms with E-state index in [-0.39, 0.29) is 24.4 Å². The number of ether oxygens (including phenoxy) is 3. The van der Waals surface area contributed by atoms with E-state index >= 15 is 0 Å². The van der Waals surface area contributed by atoms with Crippen molar-refractivity contribution in [3.8, 4) is 0 Å². The smallest absolute Gasteiger partial charge is 0.114 e. The Morgan fingerprint density at radius 1 is 0.750 bits per heavy atom. The van der Waals surface area contributed by atoms with Crippen LogP contribution in [-0.2, 0) is 27.4 Å². The van der Waals surface area contributed by atoms with Crippen LogP contribution in [0, 0.1) is 0 Å². The Hall–Kier alpha value is -1.72. The van der Waals surface area contributed by atoms with Gasteiger partial charge >= 0.3 is 0 Å². The summed E-state index contributed by atoms with van der Waals surface area (Å²) >= 11 is 0. The van der Waals surface area contributed by atoms with E-state index in [0.29, 0.717) is 13.2 Å². The lowest BCUT2D eigenvalue weighted by Gasteiger charge is -2.23. The predicted molar refractivity (Wildman–Crippen MR) is 91.6 cm³/mol. The molecule has 2 heterocycles. The molecule has 4 heteroatoms. The topological polar surface area (TPSA) is 39.7 Å². The highest BCUT2D eigenvalue weighted by Crippen LogP contribution is 2.30. The van der Waals surface area contributed by atoms with Gasteiger partial charge in [0.2, 0.25) is 0 Å². The summed E-state index contributed by atoms with van der Waals surface area (Å²) in [6.45, 7) is 2.81. The molecular weight excluding hydrogens is 302 g/mol. The highest BCUT2D eigenvalue weighted by atomic mass is 16.6. The lowest BCUT2D eigenvalue weighted by atomic mass is 10.1. The van der Waals surface area contributed by atoms with Gasteiger partial charge in [-0.3, -0.25) is 0 Å². The standard InChI is InChI=1S/C20H23NO3/c1-3-7-15(8-4-1)13-22-19-17-11-21-12-18(24-17)20(19)23-14-16-9-5-2-6-10-16/h1-10,17-21H,11-14H2/t17-,18+,19-,20-/m1/s1. The third kappa shape index (κ3) is 3.52. The summed E-state index contributed by atoms with van der Waals surface area (Å²) in [5.74, 6) is 0.